The van der Waals surface area contributed by atoms with E-state index in [1.54, 1.807) is 0 Å². The molecule has 8 heteroatoms. The van der Waals surface area contributed by atoms with Crippen LogP contribution in [0.15, 0.2) is 36.5 Å². The van der Waals surface area contributed by atoms with Crippen molar-refractivity contribution in [3.8, 4) is 0 Å². The molecule has 2 aliphatic heterocycles. The number of anilines is 4. The molecule has 1 saturated heterocycles. The van der Waals surface area contributed by atoms with E-state index in [0.29, 0.717) is 12.5 Å². The van der Waals surface area contributed by atoms with E-state index < -0.39 is 0 Å². The molecule has 3 heterocycles. The molecule has 3 aliphatic rings. The molecule has 8 nitrogen and oxygen atoms in total. The third kappa shape index (κ3) is 3.50. The molecule has 5 rings (SSSR count). The number of piperazine rings is 1. The number of likely N-dealkylation sites (N-methyl/N-ethyl adjacent to an activating group) is 1. The van der Waals surface area contributed by atoms with Gasteiger partial charge in [-0.15, -0.1) is 0 Å². The molecule has 0 unspecified atom stereocenters. The predicted molar refractivity (Wildman–Crippen MR) is 118 cm³/mol. The van der Waals surface area contributed by atoms with Gasteiger partial charge in [0.15, 0.2) is 5.82 Å². The first-order chi connectivity index (χ1) is 14.7. The van der Waals surface area contributed by atoms with Gasteiger partial charge in [-0.2, -0.15) is 4.98 Å². The molecular weight excluding hydrogens is 378 g/mol. The molecule has 0 bridgehead atoms. The topological polar surface area (TPSA) is 67.8 Å². The molecule has 158 valence electrons. The summed E-state index contributed by atoms with van der Waals surface area (Å²) in [6.45, 7) is 3.97. The Labute approximate surface area is 177 Å². The Balaban J connectivity index is 1.58. The number of para-hydroxylation sites is 1. The van der Waals surface area contributed by atoms with Gasteiger partial charge < -0.3 is 10.2 Å². The molecule has 0 atom stereocenters. The summed E-state index contributed by atoms with van der Waals surface area (Å²) in [6.07, 6.45) is 6.33. The largest absolute Gasteiger partial charge is 0.361 e. The Morgan fingerprint density at radius 1 is 1.10 bits per heavy atom. The summed E-state index contributed by atoms with van der Waals surface area (Å²) in [7, 11) is 1.94. The van der Waals surface area contributed by atoms with Crippen LogP contribution in [0.5, 0.6) is 0 Å². The van der Waals surface area contributed by atoms with Crippen LogP contribution in [0.3, 0.4) is 0 Å². The molecule has 1 N–H and O–H groups in total. The van der Waals surface area contributed by atoms with E-state index in [1.807, 2.05) is 41.2 Å². The lowest BCUT2D eigenvalue weighted by molar-refractivity contribution is -0.118. The number of rotatable bonds is 4. The first-order valence-electron chi connectivity index (χ1n) is 10.9. The number of carbonyl (C=O) groups excluding carboxylic acids is 1. The second-order valence-electron chi connectivity index (χ2n) is 8.29. The van der Waals surface area contributed by atoms with Gasteiger partial charge >= 0.3 is 0 Å². The van der Waals surface area contributed by atoms with Crippen LogP contribution in [0.1, 0.15) is 25.7 Å². The second-order valence-corrected chi connectivity index (χ2v) is 8.29. The predicted octanol–water partition coefficient (Wildman–Crippen LogP) is 2.16. The van der Waals surface area contributed by atoms with Crippen LogP contribution in [0.2, 0.25) is 0 Å². The van der Waals surface area contributed by atoms with Crippen molar-refractivity contribution < 1.29 is 4.79 Å². The van der Waals surface area contributed by atoms with Crippen molar-refractivity contribution in [2.45, 2.75) is 31.7 Å². The molecule has 2 fully saturated rings. The Kier molecular flexibility index (Phi) is 5.26. The number of carbonyl (C=O) groups is 1. The van der Waals surface area contributed by atoms with Crippen LogP contribution in [0.4, 0.5) is 23.1 Å². The summed E-state index contributed by atoms with van der Waals surface area (Å²) in [5.74, 6) is 1.50. The lowest BCUT2D eigenvalue weighted by Crippen LogP contribution is -2.52. The number of fused-ring (bicyclic) bond motifs is 1. The number of amides is 1. The smallest absolute Gasteiger partial charge is 0.247 e. The number of nitrogens with zero attached hydrogens (tertiary/aromatic N) is 6. The summed E-state index contributed by atoms with van der Waals surface area (Å²) in [5, 5.41) is 7.79. The van der Waals surface area contributed by atoms with Gasteiger partial charge in [-0.1, -0.05) is 31.0 Å². The SMILES string of the molecule is CN1CC(=O)N(C2CCCC2)c2nc(N(c3ccccc3)N3CCNCC3)ncc21. The summed E-state index contributed by atoms with van der Waals surface area (Å²) < 4.78 is 0. The molecule has 2 aromatic rings. The molecular formula is C22H29N7O. The standard InChI is InChI=1S/C22H29N7O/c1-26-16-20(30)28(17-7-5-6-8-17)21-19(26)15-24-22(25-21)29(18-9-3-2-4-10-18)27-13-11-23-12-14-27/h2-4,9-10,15,17,23H,5-8,11-14,16H2,1H3. The van der Waals surface area contributed by atoms with Gasteiger partial charge in [0.05, 0.1) is 24.1 Å². The average Bonchev–Trinajstić information content (AvgIpc) is 3.30. The zero-order valence-corrected chi connectivity index (χ0v) is 17.5. The first kappa shape index (κ1) is 19.3. The van der Waals surface area contributed by atoms with Crippen LogP contribution >= 0.6 is 0 Å². The summed E-state index contributed by atoms with van der Waals surface area (Å²) in [4.78, 5) is 26.7. The zero-order valence-electron chi connectivity index (χ0n) is 17.5. The van der Waals surface area contributed by atoms with Crippen molar-refractivity contribution in [2.24, 2.45) is 0 Å². The quantitative estimate of drug-likeness (QED) is 0.833. The lowest BCUT2D eigenvalue weighted by atomic mass is 10.1. The van der Waals surface area contributed by atoms with Crippen molar-refractivity contribution in [1.29, 1.82) is 0 Å². The van der Waals surface area contributed by atoms with Crippen molar-refractivity contribution in [1.82, 2.24) is 20.3 Å². The highest BCUT2D eigenvalue weighted by atomic mass is 16.2. The zero-order chi connectivity index (χ0) is 20.5. The van der Waals surface area contributed by atoms with Crippen LogP contribution in [0.25, 0.3) is 0 Å². The van der Waals surface area contributed by atoms with Gasteiger partial charge in [0.2, 0.25) is 11.9 Å². The van der Waals surface area contributed by atoms with E-state index in [9.17, 15) is 4.79 Å². The highest BCUT2D eigenvalue weighted by Gasteiger charge is 2.36. The maximum atomic E-state index is 13.0. The fourth-order valence-corrected chi connectivity index (χ4v) is 4.75. The van der Waals surface area contributed by atoms with Crippen molar-refractivity contribution in [3.05, 3.63) is 36.5 Å². The summed E-state index contributed by atoms with van der Waals surface area (Å²) >= 11 is 0. The number of hydrogen-bond donors (Lipinski definition) is 1. The minimum absolute atomic E-state index is 0.134. The van der Waals surface area contributed by atoms with Crippen LogP contribution in [0, 0.1) is 0 Å². The van der Waals surface area contributed by atoms with E-state index in [0.717, 1.165) is 56.2 Å². The molecule has 1 aromatic heterocycles. The molecule has 0 spiro atoms. The number of hydrazine groups is 1. The van der Waals surface area contributed by atoms with Crippen LogP contribution in [-0.2, 0) is 4.79 Å². The van der Waals surface area contributed by atoms with E-state index in [4.69, 9.17) is 9.97 Å². The molecule has 1 amide bonds. The van der Waals surface area contributed by atoms with Gasteiger partial charge in [-0.05, 0) is 25.0 Å². The Hall–Kier alpha value is -2.71. The first-order valence-corrected chi connectivity index (χ1v) is 10.9. The molecule has 30 heavy (non-hydrogen) atoms. The normalized spacial score (nSPS) is 20.5. The van der Waals surface area contributed by atoms with Crippen molar-refractivity contribution in [3.63, 3.8) is 0 Å². The van der Waals surface area contributed by atoms with Crippen LogP contribution in [-0.4, -0.2) is 66.7 Å². The fourth-order valence-electron chi connectivity index (χ4n) is 4.75. The van der Waals surface area contributed by atoms with Crippen LogP contribution < -0.4 is 20.1 Å². The Morgan fingerprint density at radius 3 is 2.57 bits per heavy atom. The minimum Gasteiger partial charge on any atom is -0.361 e. The number of nitrogens with one attached hydrogen (secondary N) is 1. The molecule has 1 saturated carbocycles. The lowest BCUT2D eigenvalue weighted by Gasteiger charge is -2.40. The Bertz CT molecular complexity index is 894. The minimum atomic E-state index is 0.134. The molecule has 0 radical (unpaired) electrons. The highest BCUT2D eigenvalue weighted by Crippen LogP contribution is 2.38. The third-order valence-electron chi connectivity index (χ3n) is 6.27. The number of hydrogen-bond acceptors (Lipinski definition) is 7. The summed E-state index contributed by atoms with van der Waals surface area (Å²) in [5.41, 5.74) is 1.96. The van der Waals surface area contributed by atoms with Gasteiger partial charge in [0.25, 0.3) is 0 Å². The summed E-state index contributed by atoms with van der Waals surface area (Å²) in [6, 6.07) is 10.5. The third-order valence-corrected chi connectivity index (χ3v) is 6.27. The maximum absolute atomic E-state index is 13.0. The molecule has 1 aromatic carbocycles. The van der Waals surface area contributed by atoms with Crippen molar-refractivity contribution >= 4 is 29.0 Å². The number of aromatic nitrogens is 2. The number of benzene rings is 1. The van der Waals surface area contributed by atoms with Gasteiger partial charge in [-0.25, -0.2) is 15.0 Å². The van der Waals surface area contributed by atoms with Gasteiger partial charge in [0.1, 0.15) is 0 Å². The average molecular weight is 408 g/mol. The Morgan fingerprint density at radius 2 is 1.83 bits per heavy atom. The second kappa shape index (κ2) is 8.20. The van der Waals surface area contributed by atoms with E-state index in [2.05, 4.69) is 27.5 Å². The monoisotopic (exact) mass is 407 g/mol. The van der Waals surface area contributed by atoms with E-state index in [1.165, 1.54) is 12.8 Å². The van der Waals surface area contributed by atoms with Gasteiger partial charge in [-0.3, -0.25) is 9.69 Å². The maximum Gasteiger partial charge on any atom is 0.247 e. The van der Waals surface area contributed by atoms with E-state index in [-0.39, 0.29) is 11.9 Å². The van der Waals surface area contributed by atoms with Gasteiger partial charge in [0, 0.05) is 39.3 Å². The highest BCUT2D eigenvalue weighted by molar-refractivity contribution is 6.02. The van der Waals surface area contributed by atoms with E-state index >= 15 is 0 Å². The van der Waals surface area contributed by atoms with Crippen molar-refractivity contribution in [2.75, 3.05) is 54.6 Å². The fraction of sp³-hybridized carbons (Fsp3) is 0.500. The molecule has 1 aliphatic carbocycles.